The Morgan fingerprint density at radius 1 is 1.45 bits per heavy atom. The summed E-state index contributed by atoms with van der Waals surface area (Å²) in [4.78, 5) is 23.3. The van der Waals surface area contributed by atoms with Crippen molar-refractivity contribution in [3.63, 3.8) is 0 Å². The van der Waals surface area contributed by atoms with E-state index >= 15 is 0 Å². The van der Waals surface area contributed by atoms with Crippen molar-refractivity contribution in [2.45, 2.75) is 38.6 Å². The molecule has 1 aliphatic rings. The molecule has 1 aromatic rings. The Kier molecular flexibility index (Phi) is 5.06. The third-order valence-electron chi connectivity index (χ3n) is 3.82. The first-order valence-corrected chi connectivity index (χ1v) is 7.66. The van der Waals surface area contributed by atoms with E-state index in [1.165, 1.54) is 12.1 Å². The number of amides is 1. The molecule has 2 rings (SSSR count). The number of hydrogen-bond donors (Lipinski definition) is 2. The van der Waals surface area contributed by atoms with E-state index in [4.69, 9.17) is 16.7 Å². The van der Waals surface area contributed by atoms with E-state index in [1.807, 2.05) is 13.8 Å². The van der Waals surface area contributed by atoms with Crippen LogP contribution in [0, 0.1) is 17.7 Å². The third-order valence-corrected chi connectivity index (χ3v) is 4.15. The Bertz CT molecular complexity index is 571. The zero-order chi connectivity index (χ0) is 16.4. The topological polar surface area (TPSA) is 66.4 Å². The summed E-state index contributed by atoms with van der Waals surface area (Å²) in [6.45, 7) is 3.78. The molecule has 120 valence electrons. The Morgan fingerprint density at radius 2 is 2.14 bits per heavy atom. The van der Waals surface area contributed by atoms with E-state index < -0.39 is 23.7 Å². The monoisotopic (exact) mass is 327 g/mol. The average Bonchev–Trinajstić information content (AvgIpc) is 3.17. The quantitative estimate of drug-likeness (QED) is 0.843. The highest BCUT2D eigenvalue weighted by atomic mass is 35.5. The maximum atomic E-state index is 13.8. The molecule has 22 heavy (non-hydrogen) atoms. The normalized spacial score (nSPS) is 21.5. The van der Waals surface area contributed by atoms with E-state index in [2.05, 4.69) is 5.32 Å². The number of nitrogens with one attached hydrogen (secondary N) is 1. The lowest BCUT2D eigenvalue weighted by atomic mass is 10.0. The van der Waals surface area contributed by atoms with E-state index in [0.717, 1.165) is 0 Å². The van der Waals surface area contributed by atoms with Gasteiger partial charge < -0.3 is 10.4 Å². The molecule has 0 spiro atoms. The number of benzene rings is 1. The van der Waals surface area contributed by atoms with Crippen LogP contribution in [0.4, 0.5) is 4.39 Å². The van der Waals surface area contributed by atoms with Gasteiger partial charge in [-0.2, -0.15) is 0 Å². The molecule has 4 nitrogen and oxygen atoms in total. The van der Waals surface area contributed by atoms with Gasteiger partial charge in [0, 0.05) is 22.4 Å². The molecule has 2 unspecified atom stereocenters. The Labute approximate surface area is 133 Å². The molecule has 0 saturated heterocycles. The second-order valence-corrected chi connectivity index (χ2v) is 6.52. The number of carbonyl (C=O) groups excluding carboxylic acids is 1. The fourth-order valence-electron chi connectivity index (χ4n) is 2.64. The summed E-state index contributed by atoms with van der Waals surface area (Å²) in [5, 5.41) is 12.0. The van der Waals surface area contributed by atoms with Gasteiger partial charge in [-0.25, -0.2) is 9.18 Å². The van der Waals surface area contributed by atoms with Crippen LogP contribution >= 0.6 is 11.6 Å². The van der Waals surface area contributed by atoms with Crippen molar-refractivity contribution >= 4 is 23.5 Å². The fourth-order valence-corrected chi connectivity index (χ4v) is 2.94. The lowest BCUT2D eigenvalue weighted by molar-refractivity contribution is -0.142. The van der Waals surface area contributed by atoms with E-state index in [1.54, 1.807) is 6.07 Å². The first-order chi connectivity index (χ1) is 10.3. The SMILES string of the molecule is CC(C)C[C@@H](NC(=O)C1CC1c1c(F)cccc1Cl)C(=O)O. The van der Waals surface area contributed by atoms with E-state index in [-0.39, 0.29) is 17.7 Å². The lowest BCUT2D eigenvalue weighted by Gasteiger charge is -2.16. The van der Waals surface area contributed by atoms with Crippen LogP contribution in [0.5, 0.6) is 0 Å². The van der Waals surface area contributed by atoms with E-state index in [0.29, 0.717) is 23.4 Å². The molecular weight excluding hydrogens is 309 g/mol. The van der Waals surface area contributed by atoms with Crippen molar-refractivity contribution < 1.29 is 19.1 Å². The van der Waals surface area contributed by atoms with Crippen molar-refractivity contribution in [3.05, 3.63) is 34.6 Å². The second kappa shape index (κ2) is 6.65. The molecule has 2 N–H and O–H groups in total. The molecule has 1 amide bonds. The van der Waals surface area contributed by atoms with Crippen LogP contribution in [0.25, 0.3) is 0 Å². The summed E-state index contributed by atoms with van der Waals surface area (Å²) in [6, 6.07) is 3.51. The van der Waals surface area contributed by atoms with E-state index in [9.17, 15) is 14.0 Å². The molecule has 0 aliphatic heterocycles. The molecule has 0 bridgehead atoms. The van der Waals surface area contributed by atoms with Gasteiger partial charge in [-0.1, -0.05) is 31.5 Å². The molecule has 1 fully saturated rings. The number of halogens is 2. The predicted molar refractivity (Wildman–Crippen MR) is 81.3 cm³/mol. The van der Waals surface area contributed by atoms with Crippen molar-refractivity contribution in [2.75, 3.05) is 0 Å². The summed E-state index contributed by atoms with van der Waals surface area (Å²) in [7, 11) is 0. The lowest BCUT2D eigenvalue weighted by Crippen LogP contribution is -2.42. The first kappa shape index (κ1) is 16.7. The summed E-state index contributed by atoms with van der Waals surface area (Å²) in [6.07, 6.45) is 0.847. The van der Waals surface area contributed by atoms with Gasteiger partial charge in [0.05, 0.1) is 0 Å². The minimum Gasteiger partial charge on any atom is -0.480 e. The minimum absolute atomic E-state index is 0.150. The first-order valence-electron chi connectivity index (χ1n) is 7.28. The number of aliphatic carboxylic acids is 1. The molecule has 6 heteroatoms. The summed E-state index contributed by atoms with van der Waals surface area (Å²) in [5.41, 5.74) is 0.347. The molecule has 3 atom stereocenters. The highest BCUT2D eigenvalue weighted by Crippen LogP contribution is 2.50. The predicted octanol–water partition coefficient (Wildman–Crippen LogP) is 3.20. The zero-order valence-electron chi connectivity index (χ0n) is 12.5. The zero-order valence-corrected chi connectivity index (χ0v) is 13.2. The molecule has 0 heterocycles. The van der Waals surface area contributed by atoms with Gasteiger partial charge in [0.15, 0.2) is 0 Å². The van der Waals surface area contributed by atoms with Crippen LogP contribution in [-0.4, -0.2) is 23.0 Å². The minimum atomic E-state index is -1.05. The van der Waals surface area contributed by atoms with Crippen molar-refractivity contribution in [2.24, 2.45) is 11.8 Å². The molecular formula is C16H19ClFNO3. The third kappa shape index (κ3) is 3.77. The van der Waals surface area contributed by atoms with Crippen LogP contribution in [0.15, 0.2) is 18.2 Å². The number of hydrogen-bond acceptors (Lipinski definition) is 2. The van der Waals surface area contributed by atoms with Crippen molar-refractivity contribution in [1.29, 1.82) is 0 Å². The highest BCUT2D eigenvalue weighted by molar-refractivity contribution is 6.31. The fraction of sp³-hybridized carbons (Fsp3) is 0.500. The Balaban J connectivity index is 2.02. The number of rotatable bonds is 6. The summed E-state index contributed by atoms with van der Waals surface area (Å²) < 4.78 is 13.8. The largest absolute Gasteiger partial charge is 0.480 e. The van der Waals surface area contributed by atoms with Crippen LogP contribution in [0.2, 0.25) is 5.02 Å². The van der Waals surface area contributed by atoms with Gasteiger partial charge in [-0.3, -0.25) is 4.79 Å². The highest BCUT2D eigenvalue weighted by Gasteiger charge is 2.47. The van der Waals surface area contributed by atoms with Gasteiger partial charge >= 0.3 is 5.97 Å². The Morgan fingerprint density at radius 3 is 2.68 bits per heavy atom. The molecule has 0 radical (unpaired) electrons. The van der Waals surface area contributed by atoms with Crippen LogP contribution in [0.3, 0.4) is 0 Å². The molecule has 1 saturated carbocycles. The molecule has 1 aromatic carbocycles. The van der Waals surface area contributed by atoms with Crippen LogP contribution < -0.4 is 5.32 Å². The maximum absolute atomic E-state index is 13.8. The average molecular weight is 328 g/mol. The van der Waals surface area contributed by atoms with Gasteiger partial charge in [-0.15, -0.1) is 0 Å². The molecule has 1 aliphatic carbocycles. The summed E-state index contributed by atoms with van der Waals surface area (Å²) >= 11 is 5.99. The van der Waals surface area contributed by atoms with Crippen LogP contribution in [-0.2, 0) is 9.59 Å². The van der Waals surface area contributed by atoms with Crippen molar-refractivity contribution in [3.8, 4) is 0 Å². The molecule has 0 aromatic heterocycles. The smallest absolute Gasteiger partial charge is 0.326 e. The number of carboxylic acid groups (broad SMARTS) is 1. The number of carbonyl (C=O) groups is 2. The van der Waals surface area contributed by atoms with Gasteiger partial charge in [0.1, 0.15) is 11.9 Å². The van der Waals surface area contributed by atoms with Gasteiger partial charge in [0.2, 0.25) is 5.91 Å². The van der Waals surface area contributed by atoms with Gasteiger partial charge in [0.25, 0.3) is 0 Å². The Hall–Kier alpha value is -1.62. The van der Waals surface area contributed by atoms with Crippen LogP contribution in [0.1, 0.15) is 38.2 Å². The van der Waals surface area contributed by atoms with Gasteiger partial charge in [-0.05, 0) is 30.9 Å². The number of carboxylic acids is 1. The summed E-state index contributed by atoms with van der Waals surface area (Å²) in [5.74, 6) is -2.37. The van der Waals surface area contributed by atoms with Crippen molar-refractivity contribution in [1.82, 2.24) is 5.32 Å². The second-order valence-electron chi connectivity index (χ2n) is 6.11. The standard InChI is InChI=1S/C16H19ClFNO3/c1-8(2)6-13(16(21)22)19-15(20)10-7-9(10)14-11(17)4-3-5-12(14)18/h3-5,8-10,13H,6-7H2,1-2H3,(H,19,20)(H,21,22)/t9?,10?,13-/m1/s1. The maximum Gasteiger partial charge on any atom is 0.326 e.